The van der Waals surface area contributed by atoms with Crippen LogP contribution in [-0.2, 0) is 4.74 Å². The molecule has 0 amide bonds. The van der Waals surface area contributed by atoms with Crippen LogP contribution in [0, 0.1) is 5.92 Å². The normalized spacial score (nSPS) is 29.8. The molecule has 1 saturated heterocycles. The topological polar surface area (TPSA) is 9.23 Å². The third-order valence-corrected chi connectivity index (χ3v) is 2.99. The molecule has 3 unspecified atom stereocenters. The third kappa shape index (κ3) is 4.12. The van der Waals surface area contributed by atoms with Gasteiger partial charge in [-0.15, -0.1) is 0 Å². The molecule has 1 heterocycles. The lowest BCUT2D eigenvalue weighted by Gasteiger charge is -2.35. The molecule has 78 valence electrons. The van der Waals surface area contributed by atoms with Gasteiger partial charge in [0.05, 0.1) is 12.2 Å². The average Bonchev–Trinajstić information content (AvgIpc) is 2.02. The van der Waals surface area contributed by atoms with E-state index in [1.807, 2.05) is 0 Å². The second kappa shape index (κ2) is 5.64. The highest BCUT2D eigenvalue weighted by Gasteiger charge is 2.26. The smallest absolute Gasteiger partial charge is 0.0605 e. The molecule has 0 bridgehead atoms. The van der Waals surface area contributed by atoms with E-state index >= 15 is 0 Å². The van der Waals surface area contributed by atoms with E-state index in [9.17, 15) is 0 Å². The van der Waals surface area contributed by atoms with Crippen molar-refractivity contribution in [2.24, 2.45) is 5.92 Å². The molecule has 1 rings (SSSR count). The van der Waals surface area contributed by atoms with Gasteiger partial charge < -0.3 is 4.74 Å². The Balaban J connectivity index is 1.95. The van der Waals surface area contributed by atoms with Crippen molar-refractivity contribution in [3.05, 3.63) is 0 Å². The van der Waals surface area contributed by atoms with E-state index in [-0.39, 0.29) is 0 Å². The summed E-state index contributed by atoms with van der Waals surface area (Å²) in [7, 11) is 0. The molecule has 1 nitrogen and oxygen atoms in total. The highest BCUT2D eigenvalue weighted by Crippen LogP contribution is 2.27. The lowest BCUT2D eigenvalue weighted by atomic mass is 9.92. The molecule has 0 radical (unpaired) electrons. The summed E-state index contributed by atoms with van der Waals surface area (Å²) in [5.74, 6) is 0.865. The molecule has 1 aliphatic heterocycles. The molecule has 0 spiro atoms. The minimum absolute atomic E-state index is 0.535. The van der Waals surface area contributed by atoms with E-state index in [1.165, 1.54) is 38.5 Å². The molecule has 0 aromatic carbocycles. The van der Waals surface area contributed by atoms with Crippen molar-refractivity contribution in [1.29, 1.82) is 0 Å². The van der Waals surface area contributed by atoms with Gasteiger partial charge in [0, 0.05) is 0 Å². The quantitative estimate of drug-likeness (QED) is 0.571. The van der Waals surface area contributed by atoms with Crippen LogP contribution in [0.3, 0.4) is 0 Å². The van der Waals surface area contributed by atoms with E-state index in [0.29, 0.717) is 12.2 Å². The molecule has 0 aromatic rings. The zero-order valence-corrected chi connectivity index (χ0v) is 9.38. The van der Waals surface area contributed by atoms with Gasteiger partial charge in [0.15, 0.2) is 0 Å². The highest BCUT2D eigenvalue weighted by atomic mass is 16.5. The molecule has 3 atom stereocenters. The van der Waals surface area contributed by atoms with Crippen molar-refractivity contribution in [3.63, 3.8) is 0 Å². The first-order valence-corrected chi connectivity index (χ1v) is 5.87. The van der Waals surface area contributed by atoms with Crippen LogP contribution < -0.4 is 0 Å². The first-order chi connectivity index (χ1) is 6.22. The van der Waals surface area contributed by atoms with Crippen LogP contribution in [-0.4, -0.2) is 12.2 Å². The molecular weight excluding hydrogens is 160 g/mol. The van der Waals surface area contributed by atoms with Crippen LogP contribution in [0.2, 0.25) is 0 Å². The monoisotopic (exact) mass is 184 g/mol. The van der Waals surface area contributed by atoms with Crippen LogP contribution in [0.5, 0.6) is 0 Å². The van der Waals surface area contributed by atoms with Crippen LogP contribution in [0.25, 0.3) is 0 Å². The van der Waals surface area contributed by atoms with Gasteiger partial charge in [-0.05, 0) is 25.7 Å². The summed E-state index contributed by atoms with van der Waals surface area (Å²) >= 11 is 0. The van der Waals surface area contributed by atoms with Crippen LogP contribution in [0.1, 0.15) is 59.3 Å². The Morgan fingerprint density at radius 3 is 2.62 bits per heavy atom. The van der Waals surface area contributed by atoms with Crippen molar-refractivity contribution in [2.45, 2.75) is 71.5 Å². The molecule has 0 aliphatic carbocycles. The fraction of sp³-hybridized carbons (Fsp3) is 1.00. The average molecular weight is 184 g/mol. The van der Waals surface area contributed by atoms with Gasteiger partial charge >= 0.3 is 0 Å². The number of unbranched alkanes of at least 4 members (excludes halogenated alkanes) is 2. The molecule has 0 aromatic heterocycles. The van der Waals surface area contributed by atoms with Crippen molar-refractivity contribution in [3.8, 4) is 0 Å². The van der Waals surface area contributed by atoms with E-state index in [4.69, 9.17) is 4.74 Å². The summed E-state index contributed by atoms with van der Waals surface area (Å²) in [6, 6.07) is 0. The maximum absolute atomic E-state index is 5.62. The lowest BCUT2D eigenvalue weighted by Crippen LogP contribution is -2.36. The predicted molar refractivity (Wildman–Crippen MR) is 56.9 cm³/mol. The minimum atomic E-state index is 0.535. The van der Waals surface area contributed by atoms with Crippen molar-refractivity contribution in [2.75, 3.05) is 0 Å². The van der Waals surface area contributed by atoms with Gasteiger partial charge in [0.2, 0.25) is 0 Å². The fourth-order valence-corrected chi connectivity index (χ4v) is 2.15. The molecule has 1 heteroatoms. The van der Waals surface area contributed by atoms with E-state index in [2.05, 4.69) is 20.8 Å². The van der Waals surface area contributed by atoms with Crippen LogP contribution in [0.15, 0.2) is 0 Å². The number of ether oxygens (including phenoxy) is 1. The summed E-state index contributed by atoms with van der Waals surface area (Å²) in [4.78, 5) is 0. The maximum Gasteiger partial charge on any atom is 0.0605 e. The number of rotatable bonds is 6. The van der Waals surface area contributed by atoms with Crippen molar-refractivity contribution >= 4 is 0 Å². The van der Waals surface area contributed by atoms with Gasteiger partial charge in [-0.3, -0.25) is 0 Å². The minimum Gasteiger partial charge on any atom is -0.375 e. The summed E-state index contributed by atoms with van der Waals surface area (Å²) in [5, 5.41) is 0. The van der Waals surface area contributed by atoms with E-state index in [1.54, 1.807) is 0 Å². The van der Waals surface area contributed by atoms with Gasteiger partial charge in [-0.1, -0.05) is 39.5 Å². The largest absolute Gasteiger partial charge is 0.375 e. The molecule has 1 fully saturated rings. The number of hydrogen-bond donors (Lipinski definition) is 0. The molecule has 1 aliphatic rings. The molecular formula is C12H24O. The van der Waals surface area contributed by atoms with Crippen LogP contribution >= 0.6 is 0 Å². The van der Waals surface area contributed by atoms with Crippen LogP contribution in [0.4, 0.5) is 0 Å². The predicted octanol–water partition coefficient (Wildman–Crippen LogP) is 3.77. The Kier molecular flexibility index (Phi) is 4.79. The maximum atomic E-state index is 5.62. The Morgan fingerprint density at radius 2 is 2.08 bits per heavy atom. The standard InChI is InChI=1S/C12H24O/c1-4-5-6-7-10(2)8-12-9-11(3)13-12/h10-12H,4-9H2,1-3H3. The summed E-state index contributed by atoms with van der Waals surface area (Å²) in [5.41, 5.74) is 0. The number of hydrogen-bond acceptors (Lipinski definition) is 1. The Morgan fingerprint density at radius 1 is 1.38 bits per heavy atom. The van der Waals surface area contributed by atoms with Crippen molar-refractivity contribution < 1.29 is 4.74 Å². The van der Waals surface area contributed by atoms with Gasteiger partial charge in [-0.2, -0.15) is 0 Å². The summed E-state index contributed by atoms with van der Waals surface area (Å²) in [6.07, 6.45) is 9.23. The first kappa shape index (κ1) is 11.0. The summed E-state index contributed by atoms with van der Waals surface area (Å²) < 4.78 is 5.62. The van der Waals surface area contributed by atoms with Gasteiger partial charge in [0.1, 0.15) is 0 Å². The van der Waals surface area contributed by atoms with E-state index in [0.717, 1.165) is 5.92 Å². The zero-order chi connectivity index (χ0) is 9.68. The highest BCUT2D eigenvalue weighted by molar-refractivity contribution is 4.75. The molecule has 13 heavy (non-hydrogen) atoms. The Labute approximate surface area is 82.9 Å². The molecule has 0 saturated carbocycles. The molecule has 0 N–H and O–H groups in total. The third-order valence-electron chi connectivity index (χ3n) is 2.99. The SMILES string of the molecule is CCCCCC(C)CC1CC(C)O1. The second-order valence-corrected chi connectivity index (χ2v) is 4.64. The fourth-order valence-electron chi connectivity index (χ4n) is 2.15. The summed E-state index contributed by atoms with van der Waals surface area (Å²) in [6.45, 7) is 6.79. The lowest BCUT2D eigenvalue weighted by molar-refractivity contribution is -0.122. The Hall–Kier alpha value is -0.0400. The van der Waals surface area contributed by atoms with Crippen molar-refractivity contribution in [1.82, 2.24) is 0 Å². The van der Waals surface area contributed by atoms with Gasteiger partial charge in [-0.25, -0.2) is 0 Å². The van der Waals surface area contributed by atoms with Gasteiger partial charge in [0.25, 0.3) is 0 Å². The Bertz CT molecular complexity index is 127. The van der Waals surface area contributed by atoms with E-state index < -0.39 is 0 Å². The zero-order valence-electron chi connectivity index (χ0n) is 9.38. The second-order valence-electron chi connectivity index (χ2n) is 4.64. The first-order valence-electron chi connectivity index (χ1n) is 5.87.